The van der Waals surface area contributed by atoms with Crippen LogP contribution in [0, 0.1) is 62.3 Å². The third kappa shape index (κ3) is 10.2. The molecule has 0 aliphatic carbocycles. The summed E-state index contributed by atoms with van der Waals surface area (Å²) in [6.07, 6.45) is 0. The van der Waals surface area contributed by atoms with Crippen LogP contribution < -0.4 is 21.3 Å². The second-order valence-electron chi connectivity index (χ2n) is 21.6. The third-order valence-electron chi connectivity index (χ3n) is 15.8. The van der Waals surface area contributed by atoms with E-state index in [0.29, 0.717) is 35.2 Å². The minimum atomic E-state index is -0.0601. The maximum absolute atomic E-state index is 5.64. The summed E-state index contributed by atoms with van der Waals surface area (Å²) in [5.41, 5.74) is 23.3. The van der Waals surface area contributed by atoms with Crippen molar-refractivity contribution in [3.05, 3.63) is 262 Å². The molecule has 7 nitrogen and oxygen atoms in total. The van der Waals surface area contributed by atoms with E-state index in [0.717, 1.165) is 77.7 Å². The van der Waals surface area contributed by atoms with Crippen LogP contribution in [-0.4, -0.2) is 36.6 Å². The van der Waals surface area contributed by atoms with Gasteiger partial charge in [-0.3, -0.25) is 0 Å². The number of benzene rings is 10. The van der Waals surface area contributed by atoms with Crippen LogP contribution in [0.25, 0.3) is 78.6 Å². The summed E-state index contributed by atoms with van der Waals surface area (Å²) in [6.45, 7) is 20.1. The number of anilines is 3. The van der Waals surface area contributed by atoms with Crippen LogP contribution in [0.2, 0.25) is 0 Å². The predicted molar refractivity (Wildman–Crippen MR) is 338 cm³/mol. The molecule has 2 aromatic heterocycles. The molecule has 0 radical (unpaired) electrons. The quantitative estimate of drug-likeness (QED) is 0.113. The van der Waals surface area contributed by atoms with Gasteiger partial charge in [0.25, 0.3) is 0 Å². The molecule has 0 saturated carbocycles. The van der Waals surface area contributed by atoms with Crippen LogP contribution in [0.4, 0.5) is 17.6 Å². The Hall–Kier alpha value is -9.66. The molecule has 0 atom stereocenters. The summed E-state index contributed by atoms with van der Waals surface area (Å²) in [4.78, 5) is 35.0. The van der Waals surface area contributed by atoms with Crippen molar-refractivity contribution in [3.63, 3.8) is 0 Å². The summed E-state index contributed by atoms with van der Waals surface area (Å²) >= 11 is 0. The van der Waals surface area contributed by atoms with Gasteiger partial charge in [-0.2, -0.15) is 19.9 Å². The molecule has 0 bridgehead atoms. The Labute approximate surface area is 476 Å². The summed E-state index contributed by atoms with van der Waals surface area (Å²) in [5.74, 6) is 2.80. The van der Waals surface area contributed by atoms with Crippen molar-refractivity contribution >= 4 is 51.5 Å². The number of nitrogens with zero attached hydrogens (tertiary/aromatic N) is 7. The lowest BCUT2D eigenvalue weighted by molar-refractivity contribution is 0.957. The minimum Gasteiger partial charge on any atom is -0.246 e. The number of hydrogen-bond acceptors (Lipinski definition) is 7. The molecule has 8 heteroatoms. The Morgan fingerprint density at radius 3 is 1.20 bits per heavy atom. The highest BCUT2D eigenvalue weighted by Crippen LogP contribution is 2.41. The smallest absolute Gasteiger partial charge is 0.242 e. The molecule has 0 fully saturated rings. The van der Waals surface area contributed by atoms with E-state index in [1.54, 1.807) is 0 Å². The Kier molecular flexibility index (Phi) is 14.1. The fourth-order valence-corrected chi connectivity index (χ4v) is 12.2. The van der Waals surface area contributed by atoms with Crippen molar-refractivity contribution in [1.82, 2.24) is 29.9 Å². The lowest BCUT2D eigenvalue weighted by atomic mass is 9.33. The molecular weight excluding hydrogens is 986 g/mol. The Morgan fingerprint density at radius 2 is 0.704 bits per heavy atom. The maximum atomic E-state index is 5.64. The summed E-state index contributed by atoms with van der Waals surface area (Å²) in [7, 11) is 0. The first kappa shape index (κ1) is 52.1. The SMILES string of the molecule is Cc1cc(C)c(B(c2cc(C)c(N(c3nc(-c4ccccc4)nc(-c4cc(-c5ccccc5)cc(-c5ccccc5)c4)n3)c3nc(-c4ccccc4)nc(-c4cccc5ccccc45)n3)c(C)c2C)c2c(C)cc(C)cc2C)c(C)c1. The maximum Gasteiger partial charge on any atom is 0.242 e. The summed E-state index contributed by atoms with van der Waals surface area (Å²) in [6, 6.07) is 74.4. The van der Waals surface area contributed by atoms with Crippen LogP contribution in [0.1, 0.15) is 50.1 Å². The standard InChI is InChI=1S/C73H62BN7/c1-45-37-47(3)65(48(4)38-45)74(66-49(5)39-46(2)40-50(66)6)64-41-51(7)67(53(9)52(64)8)81(73-78-69(58-32-20-13-21-33-58)76-71(80-73)63-36-24-34-56-29-22-23-35-62(56)63)72-77-68(57-30-18-12-19-31-57)75-70(79-72)61-43-59(54-25-14-10-15-26-54)42-60(44-61)55-27-16-11-17-28-55/h10-44H,1-9H3. The van der Waals surface area contributed by atoms with Gasteiger partial charge in [0.05, 0.1) is 5.69 Å². The fourth-order valence-electron chi connectivity index (χ4n) is 12.2. The molecule has 0 unspecified atom stereocenters. The molecular formula is C73H62BN7. The second kappa shape index (κ2) is 21.9. The van der Waals surface area contributed by atoms with Crippen molar-refractivity contribution < 1.29 is 0 Å². The van der Waals surface area contributed by atoms with E-state index < -0.39 is 0 Å². The van der Waals surface area contributed by atoms with Gasteiger partial charge in [0.15, 0.2) is 23.3 Å². The van der Waals surface area contributed by atoms with Gasteiger partial charge in [0, 0.05) is 22.3 Å². The van der Waals surface area contributed by atoms with Gasteiger partial charge in [-0.25, -0.2) is 14.9 Å². The lowest BCUT2D eigenvalue weighted by Gasteiger charge is -2.30. The van der Waals surface area contributed by atoms with E-state index in [1.165, 1.54) is 49.8 Å². The van der Waals surface area contributed by atoms with Crippen LogP contribution >= 0.6 is 0 Å². The average molecular weight is 1050 g/mol. The molecule has 0 aliphatic heterocycles. The highest BCUT2D eigenvalue weighted by Gasteiger charge is 2.34. The van der Waals surface area contributed by atoms with Crippen LogP contribution in [-0.2, 0) is 0 Å². The van der Waals surface area contributed by atoms with E-state index in [2.05, 4.69) is 231 Å². The minimum absolute atomic E-state index is 0.0601. The predicted octanol–water partition coefficient (Wildman–Crippen LogP) is 16.0. The number of rotatable bonds is 12. The van der Waals surface area contributed by atoms with Crippen LogP contribution in [0.5, 0.6) is 0 Å². The zero-order valence-electron chi connectivity index (χ0n) is 47.4. The van der Waals surface area contributed by atoms with Gasteiger partial charge >= 0.3 is 0 Å². The highest BCUT2D eigenvalue weighted by molar-refractivity contribution is 6.97. The van der Waals surface area contributed by atoms with E-state index in [-0.39, 0.29) is 6.71 Å². The molecule has 392 valence electrons. The highest BCUT2D eigenvalue weighted by atomic mass is 15.4. The first-order valence-corrected chi connectivity index (χ1v) is 27.8. The number of hydrogen-bond donors (Lipinski definition) is 0. The van der Waals surface area contributed by atoms with E-state index in [4.69, 9.17) is 29.9 Å². The molecule has 0 amide bonds. The largest absolute Gasteiger partial charge is 0.246 e. The van der Waals surface area contributed by atoms with Gasteiger partial charge < -0.3 is 0 Å². The zero-order chi connectivity index (χ0) is 55.9. The lowest BCUT2D eigenvalue weighted by Crippen LogP contribution is -2.57. The number of aromatic nitrogens is 6. The van der Waals surface area contributed by atoms with E-state index >= 15 is 0 Å². The van der Waals surface area contributed by atoms with Crippen LogP contribution in [0.3, 0.4) is 0 Å². The molecule has 10 aromatic carbocycles. The molecule has 0 aliphatic rings. The van der Waals surface area contributed by atoms with Crippen molar-refractivity contribution in [2.24, 2.45) is 0 Å². The molecule has 12 rings (SSSR count). The molecule has 2 heterocycles. The molecule has 0 saturated heterocycles. The summed E-state index contributed by atoms with van der Waals surface area (Å²) < 4.78 is 0. The second-order valence-corrected chi connectivity index (χ2v) is 21.6. The molecule has 0 N–H and O–H groups in total. The van der Waals surface area contributed by atoms with Gasteiger partial charge in [-0.1, -0.05) is 249 Å². The first-order valence-electron chi connectivity index (χ1n) is 27.8. The summed E-state index contributed by atoms with van der Waals surface area (Å²) in [5, 5.41) is 2.12. The van der Waals surface area contributed by atoms with Crippen molar-refractivity contribution in [2.45, 2.75) is 62.3 Å². The average Bonchev–Trinajstić information content (AvgIpc) is 3.50. The van der Waals surface area contributed by atoms with Crippen molar-refractivity contribution in [1.29, 1.82) is 0 Å². The number of aryl methyl sites for hydroxylation is 7. The monoisotopic (exact) mass is 1050 g/mol. The van der Waals surface area contributed by atoms with E-state index in [9.17, 15) is 0 Å². The van der Waals surface area contributed by atoms with Gasteiger partial charge in [0.2, 0.25) is 18.6 Å². The Morgan fingerprint density at radius 1 is 0.309 bits per heavy atom. The first-order chi connectivity index (χ1) is 39.4. The van der Waals surface area contributed by atoms with E-state index in [1.807, 2.05) is 48.5 Å². The van der Waals surface area contributed by atoms with Gasteiger partial charge in [0.1, 0.15) is 0 Å². The molecule has 0 spiro atoms. The third-order valence-corrected chi connectivity index (χ3v) is 15.8. The zero-order valence-corrected chi connectivity index (χ0v) is 47.4. The Bertz CT molecular complexity index is 4170. The fraction of sp³-hybridized carbons (Fsp3) is 0.123. The topological polar surface area (TPSA) is 80.6 Å². The molecule has 81 heavy (non-hydrogen) atoms. The number of fused-ring (bicyclic) bond motifs is 1. The van der Waals surface area contributed by atoms with Crippen LogP contribution in [0.15, 0.2) is 212 Å². The van der Waals surface area contributed by atoms with Gasteiger partial charge in [-0.05, 0) is 125 Å². The van der Waals surface area contributed by atoms with Crippen molar-refractivity contribution in [3.8, 4) is 67.8 Å². The normalized spacial score (nSPS) is 11.3. The van der Waals surface area contributed by atoms with Gasteiger partial charge in [-0.15, -0.1) is 0 Å². The molecule has 12 aromatic rings. The van der Waals surface area contributed by atoms with Crippen molar-refractivity contribution in [2.75, 3.05) is 4.90 Å². The Balaban J connectivity index is 1.18.